The molecule has 6 heteroatoms. The van der Waals surface area contributed by atoms with Gasteiger partial charge in [0.05, 0.1) is 25.2 Å². The van der Waals surface area contributed by atoms with E-state index in [4.69, 9.17) is 14.2 Å². The van der Waals surface area contributed by atoms with Crippen molar-refractivity contribution in [3.05, 3.63) is 0 Å². The van der Waals surface area contributed by atoms with Crippen LogP contribution >= 0.6 is 0 Å². The molecule has 6 atom stereocenters. The molecule has 0 aromatic heterocycles. The predicted molar refractivity (Wildman–Crippen MR) is 52.7 cm³/mol. The first-order valence-corrected chi connectivity index (χ1v) is 5.82. The van der Waals surface area contributed by atoms with Crippen LogP contribution in [0.2, 0.25) is 0 Å². The van der Waals surface area contributed by atoms with E-state index in [0.29, 0.717) is 0 Å². The Morgan fingerprint density at radius 2 is 2.18 bits per heavy atom. The Bertz CT molecular complexity index is 367. The smallest absolute Gasteiger partial charge is 0.313 e. The summed E-state index contributed by atoms with van der Waals surface area (Å²) in [4.78, 5) is 23.5. The quantitative estimate of drug-likeness (QED) is 0.646. The minimum Gasteiger partial charge on any atom is -0.466 e. The zero-order chi connectivity index (χ0) is 12.2. The minimum absolute atomic E-state index is 0.151. The Morgan fingerprint density at radius 3 is 2.82 bits per heavy atom. The lowest BCUT2D eigenvalue weighted by Crippen LogP contribution is -2.44. The molecule has 17 heavy (non-hydrogen) atoms. The van der Waals surface area contributed by atoms with Crippen molar-refractivity contribution >= 4 is 11.9 Å². The zero-order valence-electron chi connectivity index (χ0n) is 9.37. The summed E-state index contributed by atoms with van der Waals surface area (Å²) < 4.78 is 15.7. The van der Waals surface area contributed by atoms with Gasteiger partial charge in [-0.3, -0.25) is 9.59 Å². The van der Waals surface area contributed by atoms with Crippen molar-refractivity contribution in [3.63, 3.8) is 0 Å². The van der Waals surface area contributed by atoms with Crippen LogP contribution in [-0.4, -0.2) is 48.6 Å². The topological polar surface area (TPSA) is 82.1 Å². The number of rotatable bonds is 3. The Kier molecular flexibility index (Phi) is 2.38. The molecular weight excluding hydrogens is 228 g/mol. The number of carbonyl (C=O) groups excluding carboxylic acids is 2. The molecule has 3 heterocycles. The van der Waals surface area contributed by atoms with E-state index < -0.39 is 36.0 Å². The number of esters is 2. The van der Waals surface area contributed by atoms with Crippen LogP contribution in [0.1, 0.15) is 6.92 Å². The van der Waals surface area contributed by atoms with Crippen molar-refractivity contribution in [1.29, 1.82) is 0 Å². The van der Waals surface area contributed by atoms with Gasteiger partial charge in [-0.2, -0.15) is 0 Å². The van der Waals surface area contributed by atoms with Crippen LogP contribution in [0.15, 0.2) is 0 Å². The lowest BCUT2D eigenvalue weighted by atomic mass is 9.74. The number of hydrogen-bond donors (Lipinski definition) is 1. The largest absolute Gasteiger partial charge is 0.466 e. The molecule has 0 spiro atoms. The van der Waals surface area contributed by atoms with E-state index in [9.17, 15) is 14.7 Å². The molecule has 0 aromatic rings. The maximum absolute atomic E-state index is 11.8. The van der Waals surface area contributed by atoms with Crippen molar-refractivity contribution in [1.82, 2.24) is 0 Å². The zero-order valence-corrected chi connectivity index (χ0v) is 9.37. The average molecular weight is 242 g/mol. The Hall–Kier alpha value is -1.14. The molecule has 3 rings (SSSR count). The summed E-state index contributed by atoms with van der Waals surface area (Å²) in [5.41, 5.74) is 0. The second kappa shape index (κ2) is 3.68. The van der Waals surface area contributed by atoms with Crippen LogP contribution in [0.3, 0.4) is 0 Å². The summed E-state index contributed by atoms with van der Waals surface area (Å²) in [5, 5.41) is 9.30. The molecule has 3 aliphatic rings. The number of fused-ring (bicyclic) bond motifs is 1. The maximum atomic E-state index is 11.8. The molecule has 0 aromatic carbocycles. The normalized spacial score (nSPS) is 46.1. The molecule has 3 aliphatic heterocycles. The van der Waals surface area contributed by atoms with Crippen LogP contribution in [-0.2, 0) is 23.8 Å². The fourth-order valence-corrected chi connectivity index (χ4v) is 3.21. The van der Waals surface area contributed by atoms with Gasteiger partial charge in [0.25, 0.3) is 0 Å². The molecule has 2 bridgehead atoms. The average Bonchev–Trinajstić information content (AvgIpc) is 2.88. The number of hydrogen-bond acceptors (Lipinski definition) is 6. The highest BCUT2D eigenvalue weighted by Gasteiger charge is 2.70. The summed E-state index contributed by atoms with van der Waals surface area (Å²) in [7, 11) is 0. The minimum atomic E-state index is -0.622. The van der Waals surface area contributed by atoms with Crippen LogP contribution in [0.5, 0.6) is 0 Å². The summed E-state index contributed by atoms with van der Waals surface area (Å²) in [5.74, 6) is -2.32. The third-order valence-corrected chi connectivity index (χ3v) is 3.87. The SMILES string of the molecule is CCOC(=O)C1C2OC3C(OC(=O)C31)C2CO. The van der Waals surface area contributed by atoms with Gasteiger partial charge in [-0.25, -0.2) is 0 Å². The first-order chi connectivity index (χ1) is 8.19. The lowest BCUT2D eigenvalue weighted by Gasteiger charge is -2.25. The predicted octanol–water partition coefficient (Wildman–Crippen LogP) is -0.903. The molecule has 3 fully saturated rings. The number of aliphatic hydroxyl groups excluding tert-OH is 1. The second-order valence-corrected chi connectivity index (χ2v) is 4.62. The van der Waals surface area contributed by atoms with Gasteiger partial charge in [0.15, 0.2) is 0 Å². The maximum Gasteiger partial charge on any atom is 0.313 e. The standard InChI is InChI=1S/C11H14O6/c1-2-15-10(13)5-6-9-8(17-11(6)14)4(3-12)7(5)16-9/h4-9,12H,2-3H2,1H3. The van der Waals surface area contributed by atoms with E-state index in [0.717, 1.165) is 0 Å². The van der Waals surface area contributed by atoms with E-state index in [1.54, 1.807) is 6.92 Å². The summed E-state index contributed by atoms with van der Waals surface area (Å²) in [6.45, 7) is 1.83. The third kappa shape index (κ3) is 1.28. The lowest BCUT2D eigenvalue weighted by molar-refractivity contribution is -0.155. The summed E-state index contributed by atoms with van der Waals surface area (Å²) in [6.07, 6.45) is -1.24. The van der Waals surface area contributed by atoms with Crippen LogP contribution in [0.4, 0.5) is 0 Å². The van der Waals surface area contributed by atoms with Crippen molar-refractivity contribution < 1.29 is 28.9 Å². The molecule has 3 saturated heterocycles. The van der Waals surface area contributed by atoms with Crippen molar-refractivity contribution in [2.24, 2.45) is 17.8 Å². The van der Waals surface area contributed by atoms with Crippen LogP contribution in [0.25, 0.3) is 0 Å². The van der Waals surface area contributed by atoms with Gasteiger partial charge in [0, 0.05) is 5.92 Å². The van der Waals surface area contributed by atoms with E-state index in [-0.39, 0.29) is 25.2 Å². The molecule has 0 saturated carbocycles. The van der Waals surface area contributed by atoms with Gasteiger partial charge in [-0.05, 0) is 6.92 Å². The summed E-state index contributed by atoms with van der Waals surface area (Å²) >= 11 is 0. The van der Waals surface area contributed by atoms with Crippen molar-refractivity contribution in [2.45, 2.75) is 25.2 Å². The molecule has 0 amide bonds. The van der Waals surface area contributed by atoms with Crippen molar-refractivity contribution in [3.8, 4) is 0 Å². The van der Waals surface area contributed by atoms with Gasteiger partial charge >= 0.3 is 11.9 Å². The Morgan fingerprint density at radius 1 is 1.41 bits per heavy atom. The van der Waals surface area contributed by atoms with E-state index in [1.165, 1.54) is 0 Å². The monoisotopic (exact) mass is 242 g/mol. The third-order valence-electron chi connectivity index (χ3n) is 3.87. The Balaban J connectivity index is 1.90. The first kappa shape index (κ1) is 11.0. The van der Waals surface area contributed by atoms with E-state index in [2.05, 4.69) is 0 Å². The van der Waals surface area contributed by atoms with E-state index >= 15 is 0 Å². The molecule has 1 N–H and O–H groups in total. The van der Waals surface area contributed by atoms with Gasteiger partial charge in [-0.1, -0.05) is 0 Å². The fraction of sp³-hybridized carbons (Fsp3) is 0.818. The van der Waals surface area contributed by atoms with Crippen LogP contribution in [0, 0.1) is 17.8 Å². The first-order valence-electron chi connectivity index (χ1n) is 5.82. The molecule has 0 radical (unpaired) electrons. The van der Waals surface area contributed by atoms with E-state index in [1.807, 2.05) is 0 Å². The van der Waals surface area contributed by atoms with Gasteiger partial charge in [0.2, 0.25) is 0 Å². The molecular formula is C11H14O6. The molecule has 94 valence electrons. The number of ether oxygens (including phenoxy) is 3. The highest BCUT2D eigenvalue weighted by Crippen LogP contribution is 2.52. The van der Waals surface area contributed by atoms with Crippen molar-refractivity contribution in [2.75, 3.05) is 13.2 Å². The summed E-state index contributed by atoms with van der Waals surface area (Å²) in [6, 6.07) is 0. The van der Waals surface area contributed by atoms with Gasteiger partial charge in [-0.15, -0.1) is 0 Å². The number of carbonyl (C=O) groups is 2. The highest BCUT2D eigenvalue weighted by molar-refractivity contribution is 5.86. The molecule has 6 unspecified atom stereocenters. The van der Waals surface area contributed by atoms with Gasteiger partial charge in [0.1, 0.15) is 18.1 Å². The van der Waals surface area contributed by atoms with Gasteiger partial charge < -0.3 is 19.3 Å². The van der Waals surface area contributed by atoms with Crippen LogP contribution < -0.4 is 0 Å². The Labute approximate surface area is 97.8 Å². The molecule has 0 aliphatic carbocycles. The highest BCUT2D eigenvalue weighted by atomic mass is 16.6. The second-order valence-electron chi connectivity index (χ2n) is 4.62. The number of aliphatic hydroxyl groups is 1. The fourth-order valence-electron chi connectivity index (χ4n) is 3.21. The molecule has 6 nitrogen and oxygen atoms in total.